The van der Waals surface area contributed by atoms with Crippen LogP contribution in [0.4, 0.5) is 0 Å². The van der Waals surface area contributed by atoms with Crippen molar-refractivity contribution in [2.75, 3.05) is 19.8 Å². The summed E-state index contributed by atoms with van der Waals surface area (Å²) in [5, 5.41) is 9.10. The van der Waals surface area contributed by atoms with Crippen LogP contribution in [0.2, 0.25) is 5.02 Å². The highest BCUT2D eigenvalue weighted by molar-refractivity contribution is 6.30. The molecule has 3 aromatic rings. The van der Waals surface area contributed by atoms with Crippen LogP contribution in [0.15, 0.2) is 36.4 Å². The lowest BCUT2D eigenvalue weighted by molar-refractivity contribution is -0.139. The SMILES string of the molecule is Cc1nnn(-c2ccc(Cl)cc2)c1COc1ccc2c(n1)CCN(C(=O)C1CCOCC1)C2. The van der Waals surface area contributed by atoms with Crippen LogP contribution in [-0.4, -0.2) is 50.5 Å². The number of ether oxygens (including phenoxy) is 2. The Kier molecular flexibility index (Phi) is 6.28. The minimum atomic E-state index is 0.0817. The summed E-state index contributed by atoms with van der Waals surface area (Å²) in [6, 6.07) is 11.3. The van der Waals surface area contributed by atoms with Crippen molar-refractivity contribution in [2.24, 2.45) is 5.92 Å². The maximum absolute atomic E-state index is 12.9. The van der Waals surface area contributed by atoms with E-state index in [2.05, 4.69) is 10.3 Å². The highest BCUT2D eigenvalue weighted by Gasteiger charge is 2.29. The average molecular weight is 468 g/mol. The van der Waals surface area contributed by atoms with Gasteiger partial charge in [-0.1, -0.05) is 22.9 Å². The lowest BCUT2D eigenvalue weighted by Crippen LogP contribution is -2.41. The van der Waals surface area contributed by atoms with Crippen LogP contribution in [0.3, 0.4) is 0 Å². The number of aromatic nitrogens is 4. The van der Waals surface area contributed by atoms with Crippen molar-refractivity contribution in [1.82, 2.24) is 24.9 Å². The van der Waals surface area contributed by atoms with E-state index in [9.17, 15) is 4.79 Å². The zero-order valence-electron chi connectivity index (χ0n) is 18.5. The van der Waals surface area contributed by atoms with E-state index in [0.29, 0.717) is 43.8 Å². The van der Waals surface area contributed by atoms with E-state index in [0.717, 1.165) is 47.6 Å². The minimum Gasteiger partial charge on any atom is -0.471 e. The molecule has 0 unspecified atom stereocenters. The summed E-state index contributed by atoms with van der Waals surface area (Å²) in [7, 11) is 0. The smallest absolute Gasteiger partial charge is 0.226 e. The average Bonchev–Trinajstić information content (AvgIpc) is 3.23. The second kappa shape index (κ2) is 9.49. The molecule has 2 aromatic heterocycles. The molecule has 33 heavy (non-hydrogen) atoms. The van der Waals surface area contributed by atoms with Gasteiger partial charge in [0.15, 0.2) is 0 Å². The predicted octanol–water partition coefficient (Wildman–Crippen LogP) is 3.51. The van der Waals surface area contributed by atoms with Gasteiger partial charge < -0.3 is 14.4 Å². The van der Waals surface area contributed by atoms with Gasteiger partial charge in [-0.25, -0.2) is 9.67 Å². The first-order chi connectivity index (χ1) is 16.1. The van der Waals surface area contributed by atoms with Crippen molar-refractivity contribution in [3.8, 4) is 11.6 Å². The summed E-state index contributed by atoms with van der Waals surface area (Å²) in [5.74, 6) is 0.877. The molecular weight excluding hydrogens is 442 g/mol. The number of fused-ring (bicyclic) bond motifs is 1. The van der Waals surface area contributed by atoms with E-state index >= 15 is 0 Å². The Bertz CT molecular complexity index is 1140. The highest BCUT2D eigenvalue weighted by atomic mass is 35.5. The molecule has 8 nitrogen and oxygen atoms in total. The Morgan fingerprint density at radius 3 is 2.76 bits per heavy atom. The summed E-state index contributed by atoms with van der Waals surface area (Å²) < 4.78 is 13.2. The van der Waals surface area contributed by atoms with Crippen molar-refractivity contribution < 1.29 is 14.3 Å². The number of pyridine rings is 1. The van der Waals surface area contributed by atoms with Gasteiger partial charge in [-0.05, 0) is 49.6 Å². The maximum atomic E-state index is 12.9. The monoisotopic (exact) mass is 467 g/mol. The summed E-state index contributed by atoms with van der Waals surface area (Å²) >= 11 is 6.00. The Morgan fingerprint density at radius 1 is 1.18 bits per heavy atom. The highest BCUT2D eigenvalue weighted by Crippen LogP contribution is 2.25. The Balaban J connectivity index is 1.26. The lowest BCUT2D eigenvalue weighted by Gasteiger charge is -2.32. The van der Waals surface area contributed by atoms with Gasteiger partial charge in [-0.3, -0.25) is 4.79 Å². The van der Waals surface area contributed by atoms with Crippen molar-refractivity contribution in [3.63, 3.8) is 0 Å². The molecule has 2 aliphatic rings. The quantitative estimate of drug-likeness (QED) is 0.571. The van der Waals surface area contributed by atoms with E-state index in [1.54, 1.807) is 4.68 Å². The Morgan fingerprint density at radius 2 is 1.97 bits per heavy atom. The van der Waals surface area contributed by atoms with E-state index in [1.807, 2.05) is 48.2 Å². The number of halogens is 1. The number of aryl methyl sites for hydroxylation is 1. The first kappa shape index (κ1) is 21.9. The number of rotatable bonds is 5. The molecule has 172 valence electrons. The summed E-state index contributed by atoms with van der Waals surface area (Å²) in [6.45, 7) is 4.84. The third-order valence-corrected chi connectivity index (χ3v) is 6.54. The van der Waals surface area contributed by atoms with Crippen LogP contribution in [0, 0.1) is 12.8 Å². The number of hydrogen-bond acceptors (Lipinski definition) is 6. The van der Waals surface area contributed by atoms with E-state index in [-0.39, 0.29) is 11.8 Å². The van der Waals surface area contributed by atoms with Crippen LogP contribution in [-0.2, 0) is 29.1 Å². The van der Waals surface area contributed by atoms with Crippen molar-refractivity contribution in [1.29, 1.82) is 0 Å². The first-order valence-electron chi connectivity index (χ1n) is 11.2. The molecule has 0 atom stereocenters. The van der Waals surface area contributed by atoms with Crippen LogP contribution in [0.1, 0.15) is 35.5 Å². The number of carbonyl (C=O) groups is 1. The van der Waals surface area contributed by atoms with E-state index in [4.69, 9.17) is 26.1 Å². The minimum absolute atomic E-state index is 0.0817. The summed E-state index contributed by atoms with van der Waals surface area (Å²) in [4.78, 5) is 19.5. The molecule has 0 bridgehead atoms. The molecule has 1 aromatic carbocycles. The normalized spacial score (nSPS) is 16.5. The van der Waals surface area contributed by atoms with Crippen LogP contribution in [0.5, 0.6) is 5.88 Å². The molecule has 1 amide bonds. The van der Waals surface area contributed by atoms with Gasteiger partial charge in [0.2, 0.25) is 11.8 Å². The summed E-state index contributed by atoms with van der Waals surface area (Å²) in [6.07, 6.45) is 2.35. The standard InChI is InChI=1S/C24H26ClN5O3/c1-16-22(30(28-27-16)20-5-3-19(25)4-6-20)15-33-23-7-2-18-14-29(11-8-21(18)26-23)24(31)17-9-12-32-13-10-17/h2-7,17H,8-15H2,1H3. The van der Waals surface area contributed by atoms with Gasteiger partial charge in [0.25, 0.3) is 0 Å². The van der Waals surface area contributed by atoms with Crippen molar-refractivity contribution in [3.05, 3.63) is 64.1 Å². The topological polar surface area (TPSA) is 82.4 Å². The van der Waals surface area contributed by atoms with E-state index < -0.39 is 0 Å². The molecule has 0 N–H and O–H groups in total. The number of hydrogen-bond donors (Lipinski definition) is 0. The van der Waals surface area contributed by atoms with Crippen LogP contribution < -0.4 is 4.74 Å². The number of benzene rings is 1. The largest absolute Gasteiger partial charge is 0.471 e. The number of amides is 1. The number of carbonyl (C=O) groups excluding carboxylic acids is 1. The van der Waals surface area contributed by atoms with Crippen molar-refractivity contribution in [2.45, 2.75) is 39.3 Å². The Labute approximate surface area is 197 Å². The molecule has 1 saturated heterocycles. The third kappa shape index (κ3) is 4.72. The molecule has 0 spiro atoms. The molecule has 0 saturated carbocycles. The fourth-order valence-corrected chi connectivity index (χ4v) is 4.47. The molecule has 0 radical (unpaired) electrons. The zero-order chi connectivity index (χ0) is 22.8. The molecule has 1 fully saturated rings. The lowest BCUT2D eigenvalue weighted by atomic mass is 9.96. The van der Waals surface area contributed by atoms with Gasteiger partial charge >= 0.3 is 0 Å². The molecule has 0 aliphatic carbocycles. The second-order valence-corrected chi connectivity index (χ2v) is 8.89. The van der Waals surface area contributed by atoms with Gasteiger partial charge in [-0.15, -0.1) is 5.10 Å². The predicted molar refractivity (Wildman–Crippen MR) is 122 cm³/mol. The zero-order valence-corrected chi connectivity index (χ0v) is 19.3. The van der Waals surface area contributed by atoms with Crippen molar-refractivity contribution >= 4 is 17.5 Å². The molecule has 4 heterocycles. The molecule has 2 aliphatic heterocycles. The summed E-state index contributed by atoms with van der Waals surface area (Å²) in [5.41, 5.74) is 4.59. The maximum Gasteiger partial charge on any atom is 0.226 e. The first-order valence-corrected chi connectivity index (χ1v) is 11.6. The third-order valence-electron chi connectivity index (χ3n) is 6.29. The van der Waals surface area contributed by atoms with E-state index in [1.165, 1.54) is 0 Å². The van der Waals surface area contributed by atoms with Gasteiger partial charge in [0, 0.05) is 49.7 Å². The molecule has 9 heteroatoms. The fraction of sp³-hybridized carbons (Fsp3) is 0.417. The van der Waals surface area contributed by atoms with Gasteiger partial charge in [-0.2, -0.15) is 0 Å². The second-order valence-electron chi connectivity index (χ2n) is 8.45. The molecular formula is C24H26ClN5O3. The van der Waals surface area contributed by atoms with Gasteiger partial charge in [0.05, 0.1) is 17.1 Å². The fourth-order valence-electron chi connectivity index (χ4n) is 4.34. The van der Waals surface area contributed by atoms with Crippen LogP contribution in [0.25, 0.3) is 5.69 Å². The Hall–Kier alpha value is -2.97. The number of nitrogens with zero attached hydrogens (tertiary/aromatic N) is 5. The van der Waals surface area contributed by atoms with Gasteiger partial charge in [0.1, 0.15) is 12.3 Å². The molecule has 5 rings (SSSR count). The van der Waals surface area contributed by atoms with Crippen LogP contribution >= 0.6 is 11.6 Å².